The predicted octanol–water partition coefficient (Wildman–Crippen LogP) is 0.407. The summed E-state index contributed by atoms with van der Waals surface area (Å²) < 4.78 is 0. The van der Waals surface area contributed by atoms with Gasteiger partial charge in [-0.1, -0.05) is 18.2 Å². The van der Waals surface area contributed by atoms with Gasteiger partial charge in [-0.2, -0.15) is 0 Å². The first-order valence-corrected chi connectivity index (χ1v) is 6.98. The van der Waals surface area contributed by atoms with Crippen LogP contribution in [0.4, 0.5) is 11.4 Å². The van der Waals surface area contributed by atoms with Crippen LogP contribution in [0, 0.1) is 10.1 Å². The van der Waals surface area contributed by atoms with Crippen LogP contribution < -0.4 is 10.8 Å². The van der Waals surface area contributed by atoms with Gasteiger partial charge in [0.1, 0.15) is 0 Å². The number of aliphatic imine (C=N–C) groups is 1. The number of rotatable bonds is 6. The van der Waals surface area contributed by atoms with Crippen LogP contribution in [0.1, 0.15) is 10.4 Å². The van der Waals surface area contributed by atoms with Gasteiger partial charge >= 0.3 is 7.12 Å². The van der Waals surface area contributed by atoms with E-state index in [2.05, 4.69) is 10.3 Å². The van der Waals surface area contributed by atoms with Crippen molar-refractivity contribution < 1.29 is 19.8 Å². The van der Waals surface area contributed by atoms with Crippen LogP contribution in [0.2, 0.25) is 0 Å². The molecular formula is C15H14BN3O5. The van der Waals surface area contributed by atoms with Crippen LogP contribution in [-0.2, 0) is 0 Å². The summed E-state index contributed by atoms with van der Waals surface area (Å²) in [7, 11) is -1.91. The first kappa shape index (κ1) is 17.3. The lowest BCUT2D eigenvalue weighted by atomic mass is 9.79. The number of hydrogen-bond donors (Lipinski definition) is 3. The largest absolute Gasteiger partial charge is 0.488 e. The minimum atomic E-state index is -1.91. The maximum atomic E-state index is 12.0. The van der Waals surface area contributed by atoms with Gasteiger partial charge in [0, 0.05) is 23.9 Å². The average Bonchev–Trinajstić information content (AvgIpc) is 2.59. The summed E-state index contributed by atoms with van der Waals surface area (Å²) in [5, 5.41) is 31.7. The molecule has 8 nitrogen and oxygen atoms in total. The molecule has 0 fully saturated rings. The molecule has 0 heterocycles. The zero-order valence-electron chi connectivity index (χ0n) is 12.5. The molecule has 2 aromatic carbocycles. The zero-order valence-corrected chi connectivity index (χ0v) is 12.5. The molecular weight excluding hydrogens is 313 g/mol. The number of nitrogens with zero attached hydrogens (tertiary/aromatic N) is 2. The van der Waals surface area contributed by atoms with E-state index in [0.29, 0.717) is 0 Å². The van der Waals surface area contributed by atoms with E-state index in [1.165, 1.54) is 12.3 Å². The molecule has 0 aliphatic carbocycles. The van der Waals surface area contributed by atoms with E-state index in [-0.39, 0.29) is 17.6 Å². The molecule has 0 spiro atoms. The van der Waals surface area contributed by atoms with Gasteiger partial charge < -0.3 is 15.4 Å². The van der Waals surface area contributed by atoms with E-state index in [4.69, 9.17) is 10.0 Å². The molecule has 0 aliphatic heterocycles. The molecule has 0 bridgehead atoms. The zero-order chi connectivity index (χ0) is 17.5. The Hall–Kier alpha value is -3.04. The summed E-state index contributed by atoms with van der Waals surface area (Å²) in [6, 6.07) is 12.4. The molecule has 2 aromatic rings. The molecule has 9 heteroatoms. The van der Waals surface area contributed by atoms with Gasteiger partial charge in [0.2, 0.25) is 0 Å². The Morgan fingerprint density at radius 1 is 1.25 bits per heavy atom. The number of carbonyl (C=O) groups excluding carboxylic acids is 1. The molecule has 122 valence electrons. The van der Waals surface area contributed by atoms with E-state index >= 15 is 0 Å². The van der Waals surface area contributed by atoms with Crippen LogP contribution in [-0.4, -0.2) is 40.8 Å². The fraction of sp³-hybridized carbons (Fsp3) is 0.0667. The molecule has 0 saturated heterocycles. The van der Waals surface area contributed by atoms with Gasteiger partial charge in [0.05, 0.1) is 17.2 Å². The Balaban J connectivity index is 2.06. The van der Waals surface area contributed by atoms with E-state index < -0.39 is 23.6 Å². The van der Waals surface area contributed by atoms with Crippen LogP contribution in [0.25, 0.3) is 0 Å². The number of para-hydroxylation sites is 1. The van der Waals surface area contributed by atoms with Crippen molar-refractivity contribution in [2.75, 3.05) is 6.54 Å². The predicted molar refractivity (Wildman–Crippen MR) is 89.8 cm³/mol. The van der Waals surface area contributed by atoms with Crippen molar-refractivity contribution in [1.82, 2.24) is 5.32 Å². The normalized spacial score (nSPS) is 10.6. The Labute approximate surface area is 137 Å². The summed E-state index contributed by atoms with van der Waals surface area (Å²) in [6.45, 7) is 0.118. The van der Waals surface area contributed by atoms with Crippen molar-refractivity contribution in [3.8, 4) is 0 Å². The van der Waals surface area contributed by atoms with Crippen LogP contribution in [0.15, 0.2) is 53.5 Å². The van der Waals surface area contributed by atoms with Crippen molar-refractivity contribution >= 4 is 36.1 Å². The Morgan fingerprint density at radius 2 is 1.96 bits per heavy atom. The number of benzene rings is 2. The van der Waals surface area contributed by atoms with Crippen molar-refractivity contribution in [1.29, 1.82) is 0 Å². The Bertz CT molecular complexity index is 765. The molecule has 2 rings (SSSR count). The van der Waals surface area contributed by atoms with Crippen LogP contribution >= 0.6 is 0 Å². The van der Waals surface area contributed by atoms with Crippen molar-refractivity contribution in [2.45, 2.75) is 0 Å². The van der Waals surface area contributed by atoms with E-state index in [1.807, 2.05) is 18.2 Å². The van der Waals surface area contributed by atoms with Gasteiger partial charge in [0.25, 0.3) is 11.6 Å². The minimum absolute atomic E-state index is 0.0413. The summed E-state index contributed by atoms with van der Waals surface area (Å²) in [4.78, 5) is 26.3. The van der Waals surface area contributed by atoms with Gasteiger partial charge in [-0.05, 0) is 23.7 Å². The maximum Gasteiger partial charge on any atom is 0.488 e. The molecule has 24 heavy (non-hydrogen) atoms. The fourth-order valence-corrected chi connectivity index (χ4v) is 1.93. The third kappa shape index (κ3) is 4.73. The highest BCUT2D eigenvalue weighted by atomic mass is 16.6. The van der Waals surface area contributed by atoms with Crippen molar-refractivity contribution in [2.24, 2.45) is 4.99 Å². The van der Waals surface area contributed by atoms with Gasteiger partial charge in [0.15, 0.2) is 0 Å². The highest BCUT2D eigenvalue weighted by Gasteiger charge is 2.20. The average molecular weight is 327 g/mol. The number of nitro groups is 1. The summed E-state index contributed by atoms with van der Waals surface area (Å²) in [6.07, 6.45) is 1.49. The van der Waals surface area contributed by atoms with Gasteiger partial charge in [-0.25, -0.2) is 0 Å². The quantitative estimate of drug-likeness (QED) is 0.307. The number of carbonyl (C=O) groups is 1. The standard InChI is InChI=1S/C15H14BN3O5/c20-15(18-7-6-17-13-4-2-1-3-5-13)11-8-12(16(21)22)10-14(9-11)19(23)24/h1-6,8-10,21-22H,7H2,(H,18,20). The van der Waals surface area contributed by atoms with Crippen molar-refractivity contribution in [3.63, 3.8) is 0 Å². The molecule has 3 N–H and O–H groups in total. The second-order valence-corrected chi connectivity index (χ2v) is 4.80. The highest BCUT2D eigenvalue weighted by Crippen LogP contribution is 2.12. The topological polar surface area (TPSA) is 125 Å². The van der Waals surface area contributed by atoms with E-state index in [1.54, 1.807) is 12.1 Å². The summed E-state index contributed by atoms with van der Waals surface area (Å²) in [5.41, 5.74) is 0.157. The number of amides is 1. The number of nitrogens with one attached hydrogen (secondary N) is 1. The third-order valence-electron chi connectivity index (χ3n) is 3.06. The molecule has 0 aliphatic rings. The van der Waals surface area contributed by atoms with Gasteiger partial charge in [-0.15, -0.1) is 0 Å². The second kappa shape index (κ2) is 8.00. The molecule has 1 amide bonds. The lowest BCUT2D eigenvalue weighted by Crippen LogP contribution is -2.32. The van der Waals surface area contributed by atoms with Crippen molar-refractivity contribution in [3.05, 3.63) is 64.2 Å². The summed E-state index contributed by atoms with van der Waals surface area (Å²) in [5.74, 6) is -0.583. The lowest BCUT2D eigenvalue weighted by molar-refractivity contribution is -0.384. The SMILES string of the molecule is O=C(NCC=Nc1ccccc1)c1cc(B(O)O)cc([N+](=O)[O-])c1. The van der Waals surface area contributed by atoms with Crippen LogP contribution in [0.3, 0.4) is 0 Å². The number of non-ortho nitro benzene ring substituents is 1. The summed E-state index contributed by atoms with van der Waals surface area (Å²) >= 11 is 0. The van der Waals surface area contributed by atoms with Gasteiger partial charge in [-0.3, -0.25) is 19.9 Å². The Kier molecular flexibility index (Phi) is 5.77. The second-order valence-electron chi connectivity index (χ2n) is 4.80. The molecule has 0 saturated carbocycles. The van der Waals surface area contributed by atoms with E-state index in [9.17, 15) is 14.9 Å². The number of hydrogen-bond acceptors (Lipinski definition) is 6. The fourth-order valence-electron chi connectivity index (χ4n) is 1.93. The first-order chi connectivity index (χ1) is 11.5. The molecule has 0 atom stereocenters. The highest BCUT2D eigenvalue weighted by molar-refractivity contribution is 6.58. The smallest absolute Gasteiger partial charge is 0.423 e. The lowest BCUT2D eigenvalue weighted by Gasteiger charge is -2.05. The molecule has 0 aromatic heterocycles. The van der Waals surface area contributed by atoms with E-state index in [0.717, 1.165) is 17.8 Å². The Morgan fingerprint density at radius 3 is 2.58 bits per heavy atom. The monoisotopic (exact) mass is 327 g/mol. The maximum absolute atomic E-state index is 12.0. The number of nitro benzene ring substituents is 1. The minimum Gasteiger partial charge on any atom is -0.423 e. The molecule has 0 radical (unpaired) electrons. The third-order valence-corrected chi connectivity index (χ3v) is 3.06. The molecule has 0 unspecified atom stereocenters. The van der Waals surface area contributed by atoms with Crippen LogP contribution in [0.5, 0.6) is 0 Å². The first-order valence-electron chi connectivity index (χ1n) is 6.98.